The van der Waals surface area contributed by atoms with Gasteiger partial charge in [-0.1, -0.05) is 39.8 Å². The highest BCUT2D eigenvalue weighted by Crippen LogP contribution is 2.24. The number of ether oxygens (including phenoxy) is 1. The van der Waals surface area contributed by atoms with E-state index in [9.17, 15) is 0 Å². The Morgan fingerprint density at radius 3 is 1.59 bits per heavy atom. The Kier molecular flexibility index (Phi) is 12.1. The molecule has 0 fully saturated rings. The quantitative estimate of drug-likeness (QED) is 0.346. The molecular formula is C17H36O4Si. The molecule has 0 saturated carbocycles. The lowest BCUT2D eigenvalue weighted by Gasteiger charge is -2.36. The van der Waals surface area contributed by atoms with Gasteiger partial charge in [0.2, 0.25) is 0 Å². The molecule has 0 spiro atoms. The van der Waals surface area contributed by atoms with Crippen molar-refractivity contribution in [3.8, 4) is 0 Å². The lowest BCUT2D eigenvalue weighted by Crippen LogP contribution is -2.58. The van der Waals surface area contributed by atoms with Gasteiger partial charge in [-0.3, -0.25) is 0 Å². The van der Waals surface area contributed by atoms with Crippen LogP contribution in [0.1, 0.15) is 67.2 Å². The van der Waals surface area contributed by atoms with Crippen LogP contribution in [0.3, 0.4) is 0 Å². The van der Waals surface area contributed by atoms with E-state index in [0.29, 0.717) is 19.8 Å². The van der Waals surface area contributed by atoms with Crippen LogP contribution in [0.5, 0.6) is 0 Å². The van der Waals surface area contributed by atoms with Crippen LogP contribution in [0.4, 0.5) is 0 Å². The Morgan fingerprint density at radius 1 is 0.909 bits per heavy atom. The summed E-state index contributed by atoms with van der Waals surface area (Å²) in [5.74, 6) is 0. The summed E-state index contributed by atoms with van der Waals surface area (Å²) in [5.41, 5.74) is 0.853. The highest BCUT2D eigenvalue weighted by atomic mass is 28.4. The van der Waals surface area contributed by atoms with Crippen LogP contribution < -0.4 is 0 Å². The summed E-state index contributed by atoms with van der Waals surface area (Å²) in [6.45, 7) is 18.3. The summed E-state index contributed by atoms with van der Waals surface area (Å²) in [7, 11) is -2.86. The Labute approximate surface area is 138 Å². The molecule has 5 heteroatoms. The standard InChI is InChI=1S/C17H36O4Si/c1-8-12-18-22(19-13-9-2,20-14-10-3)17(11-4)21-16(7)15(5)6/h16-17H,5,8-14H2,1-4,6-7H3. The fourth-order valence-electron chi connectivity index (χ4n) is 1.93. The zero-order valence-corrected chi connectivity index (χ0v) is 16.4. The van der Waals surface area contributed by atoms with Crippen molar-refractivity contribution in [1.82, 2.24) is 0 Å². The second-order valence-corrected chi connectivity index (χ2v) is 8.39. The molecule has 0 aromatic rings. The highest BCUT2D eigenvalue weighted by molar-refractivity contribution is 6.62. The maximum atomic E-state index is 6.20. The first-order chi connectivity index (χ1) is 10.5. The molecular weight excluding hydrogens is 296 g/mol. The highest BCUT2D eigenvalue weighted by Gasteiger charge is 2.50. The summed E-state index contributed by atoms with van der Waals surface area (Å²) in [6, 6.07) is 0. The Hall–Kier alpha value is -0.203. The second kappa shape index (κ2) is 12.2. The van der Waals surface area contributed by atoms with Crippen molar-refractivity contribution >= 4 is 8.80 Å². The minimum Gasteiger partial charge on any atom is -0.372 e. The van der Waals surface area contributed by atoms with Gasteiger partial charge in [-0.05, 0) is 39.5 Å². The van der Waals surface area contributed by atoms with Gasteiger partial charge < -0.3 is 18.0 Å². The van der Waals surface area contributed by atoms with E-state index in [1.54, 1.807) is 0 Å². The molecule has 22 heavy (non-hydrogen) atoms. The first kappa shape index (κ1) is 21.8. The fraction of sp³-hybridized carbons (Fsp3) is 0.882. The molecule has 0 bridgehead atoms. The first-order valence-corrected chi connectivity index (χ1v) is 10.5. The van der Waals surface area contributed by atoms with Gasteiger partial charge in [0.1, 0.15) is 5.73 Å². The Morgan fingerprint density at radius 2 is 1.32 bits per heavy atom. The molecule has 4 nitrogen and oxygen atoms in total. The van der Waals surface area contributed by atoms with Crippen LogP contribution in [0.15, 0.2) is 12.2 Å². The van der Waals surface area contributed by atoms with E-state index in [1.807, 2.05) is 13.8 Å². The van der Waals surface area contributed by atoms with Gasteiger partial charge in [-0.2, -0.15) is 0 Å². The monoisotopic (exact) mass is 332 g/mol. The minimum atomic E-state index is -2.86. The molecule has 0 aliphatic heterocycles. The van der Waals surface area contributed by atoms with Crippen LogP contribution in [0, 0.1) is 0 Å². The van der Waals surface area contributed by atoms with E-state index in [-0.39, 0.29) is 11.8 Å². The fourth-order valence-corrected chi connectivity index (χ4v) is 5.07. The summed E-state index contributed by atoms with van der Waals surface area (Å²) >= 11 is 0. The van der Waals surface area contributed by atoms with Gasteiger partial charge in [0.15, 0.2) is 0 Å². The minimum absolute atomic E-state index is 0.0301. The molecule has 2 unspecified atom stereocenters. The van der Waals surface area contributed by atoms with Crippen molar-refractivity contribution in [3.63, 3.8) is 0 Å². The van der Waals surface area contributed by atoms with Crippen LogP contribution in [-0.2, 0) is 18.0 Å². The van der Waals surface area contributed by atoms with Crippen molar-refractivity contribution in [3.05, 3.63) is 12.2 Å². The molecule has 0 radical (unpaired) electrons. The molecule has 2 atom stereocenters. The molecule has 0 saturated heterocycles. The van der Waals surface area contributed by atoms with Crippen molar-refractivity contribution in [1.29, 1.82) is 0 Å². The van der Waals surface area contributed by atoms with E-state index < -0.39 is 8.80 Å². The molecule has 0 heterocycles. The average Bonchev–Trinajstić information content (AvgIpc) is 2.52. The molecule has 0 rings (SSSR count). The number of hydrogen-bond acceptors (Lipinski definition) is 4. The molecule has 0 aliphatic rings. The molecule has 0 aliphatic carbocycles. The predicted octanol–water partition coefficient (Wildman–Crippen LogP) is 4.50. The van der Waals surface area contributed by atoms with E-state index in [1.165, 1.54) is 0 Å². The molecule has 0 N–H and O–H groups in total. The van der Waals surface area contributed by atoms with E-state index in [0.717, 1.165) is 31.3 Å². The van der Waals surface area contributed by atoms with Crippen molar-refractivity contribution in [2.24, 2.45) is 0 Å². The third-order valence-corrected chi connectivity index (χ3v) is 6.50. The smallest absolute Gasteiger partial charge is 0.372 e. The van der Waals surface area contributed by atoms with Gasteiger partial charge in [0.05, 0.1) is 6.10 Å². The van der Waals surface area contributed by atoms with Gasteiger partial charge in [0, 0.05) is 19.8 Å². The predicted molar refractivity (Wildman–Crippen MR) is 93.9 cm³/mol. The maximum absolute atomic E-state index is 6.20. The second-order valence-electron chi connectivity index (χ2n) is 5.67. The van der Waals surface area contributed by atoms with Gasteiger partial charge >= 0.3 is 8.80 Å². The summed E-state index contributed by atoms with van der Waals surface area (Å²) in [6.07, 6.45) is 3.59. The third kappa shape index (κ3) is 7.37. The summed E-state index contributed by atoms with van der Waals surface area (Å²) in [4.78, 5) is 0. The normalized spacial score (nSPS) is 14.8. The largest absolute Gasteiger partial charge is 0.531 e. The zero-order chi connectivity index (χ0) is 17.0. The maximum Gasteiger partial charge on any atom is 0.531 e. The molecule has 0 amide bonds. The van der Waals surface area contributed by atoms with Crippen molar-refractivity contribution < 1.29 is 18.0 Å². The number of hydrogen-bond donors (Lipinski definition) is 0. The van der Waals surface area contributed by atoms with Crippen LogP contribution in [0.25, 0.3) is 0 Å². The lowest BCUT2D eigenvalue weighted by molar-refractivity contribution is -0.0323. The number of rotatable bonds is 14. The summed E-state index contributed by atoms with van der Waals surface area (Å²) in [5, 5.41) is 0. The zero-order valence-electron chi connectivity index (χ0n) is 15.4. The first-order valence-electron chi connectivity index (χ1n) is 8.69. The molecule has 0 aromatic carbocycles. The molecule has 0 aromatic heterocycles. The van der Waals surface area contributed by atoms with Crippen LogP contribution in [0.2, 0.25) is 0 Å². The van der Waals surface area contributed by atoms with Gasteiger partial charge in [0.25, 0.3) is 0 Å². The average molecular weight is 333 g/mol. The van der Waals surface area contributed by atoms with E-state index >= 15 is 0 Å². The van der Waals surface area contributed by atoms with Gasteiger partial charge in [-0.25, -0.2) is 0 Å². The summed E-state index contributed by atoms with van der Waals surface area (Å²) < 4.78 is 24.7. The third-order valence-electron chi connectivity index (χ3n) is 3.35. The lowest BCUT2D eigenvalue weighted by atomic mass is 10.2. The van der Waals surface area contributed by atoms with Crippen molar-refractivity contribution in [2.45, 2.75) is 79.1 Å². The molecule has 132 valence electrons. The topological polar surface area (TPSA) is 36.9 Å². The Bertz CT molecular complexity index is 275. The van der Waals surface area contributed by atoms with Gasteiger partial charge in [-0.15, -0.1) is 0 Å². The van der Waals surface area contributed by atoms with Crippen molar-refractivity contribution in [2.75, 3.05) is 19.8 Å². The SMILES string of the molecule is C=C(C)C(C)OC(CC)[Si](OCCC)(OCCC)OCCC. The van der Waals surface area contributed by atoms with E-state index in [4.69, 9.17) is 18.0 Å². The Balaban J connectivity index is 5.24. The van der Waals surface area contributed by atoms with E-state index in [2.05, 4.69) is 34.3 Å². The van der Waals surface area contributed by atoms with Crippen LogP contribution in [-0.4, -0.2) is 40.5 Å². The van der Waals surface area contributed by atoms with Crippen LogP contribution >= 0.6 is 0 Å².